The Labute approximate surface area is 245 Å². The van der Waals surface area contributed by atoms with Gasteiger partial charge < -0.3 is 41.6 Å². The van der Waals surface area contributed by atoms with Crippen LogP contribution in [0.1, 0.15) is 38.3 Å². The van der Waals surface area contributed by atoms with Gasteiger partial charge in [-0.1, -0.05) is 36.4 Å². The minimum Gasteiger partial charge on any atom is -0.396 e. The second-order valence-corrected chi connectivity index (χ2v) is 9.17. The zero-order valence-electron chi connectivity index (χ0n) is 23.7. The van der Waals surface area contributed by atoms with Gasteiger partial charge in [0.05, 0.1) is 26.4 Å². The van der Waals surface area contributed by atoms with Crippen LogP contribution in [0.2, 0.25) is 0 Å². The molecule has 1 heterocycles. The molecule has 13 nitrogen and oxygen atoms in total. The molecule has 0 aliphatic carbocycles. The first-order valence-electron chi connectivity index (χ1n) is 14.0. The summed E-state index contributed by atoms with van der Waals surface area (Å²) in [6, 6.07) is 14.7. The normalized spacial score (nSPS) is 10.7. The molecule has 0 radical (unpaired) electrons. The molecule has 42 heavy (non-hydrogen) atoms. The summed E-state index contributed by atoms with van der Waals surface area (Å²) in [5.74, 6) is 0.994. The van der Waals surface area contributed by atoms with Gasteiger partial charge in [0.15, 0.2) is 0 Å². The van der Waals surface area contributed by atoms with Crippen molar-refractivity contribution in [3.63, 3.8) is 0 Å². The van der Waals surface area contributed by atoms with Crippen LogP contribution in [0.4, 0.5) is 17.8 Å². The van der Waals surface area contributed by atoms with Gasteiger partial charge >= 0.3 is 0 Å². The summed E-state index contributed by atoms with van der Waals surface area (Å²) in [5.41, 5.74) is 8.56. The van der Waals surface area contributed by atoms with Crippen LogP contribution in [0.15, 0.2) is 48.5 Å². The SMILES string of the molecule is NCCOCCOCCNC(=O)c1ccc(CNc2nc(NCCCO)nc(NCCc3ccc(C=O)cc3)n2)cc1. The summed E-state index contributed by atoms with van der Waals surface area (Å²) < 4.78 is 10.6. The minimum absolute atomic E-state index is 0.0596. The van der Waals surface area contributed by atoms with Crippen LogP contribution in [0.25, 0.3) is 0 Å². The molecule has 0 bridgehead atoms. The zero-order chi connectivity index (χ0) is 29.8. The number of hydrogen-bond acceptors (Lipinski definition) is 12. The molecule has 3 rings (SSSR count). The van der Waals surface area contributed by atoms with Crippen molar-refractivity contribution in [2.75, 3.05) is 75.2 Å². The summed E-state index contributed by atoms with van der Waals surface area (Å²) >= 11 is 0. The number of nitrogens with two attached hydrogens (primary N) is 1. The van der Waals surface area contributed by atoms with Crippen LogP contribution >= 0.6 is 0 Å². The number of aldehydes is 1. The van der Waals surface area contributed by atoms with Crippen molar-refractivity contribution in [2.24, 2.45) is 5.73 Å². The Morgan fingerprint density at radius 2 is 1.40 bits per heavy atom. The molecule has 0 spiro atoms. The number of benzene rings is 2. The second kappa shape index (κ2) is 19.0. The molecule has 3 aromatic rings. The van der Waals surface area contributed by atoms with Crippen molar-refractivity contribution >= 4 is 30.0 Å². The molecule has 0 aliphatic heterocycles. The third-order valence-corrected chi connectivity index (χ3v) is 5.90. The molecule has 0 fully saturated rings. The van der Waals surface area contributed by atoms with Crippen molar-refractivity contribution in [2.45, 2.75) is 19.4 Å². The number of nitrogens with one attached hydrogen (secondary N) is 4. The number of hydrogen-bond donors (Lipinski definition) is 6. The van der Waals surface area contributed by atoms with Crippen molar-refractivity contribution in [1.29, 1.82) is 0 Å². The number of aliphatic hydroxyl groups is 1. The van der Waals surface area contributed by atoms with E-state index in [-0.39, 0.29) is 12.5 Å². The Morgan fingerprint density at radius 1 is 0.786 bits per heavy atom. The Kier molecular flexibility index (Phi) is 14.7. The number of anilines is 3. The van der Waals surface area contributed by atoms with Crippen molar-refractivity contribution in [3.8, 4) is 0 Å². The van der Waals surface area contributed by atoms with Gasteiger partial charge in [0, 0.05) is 50.5 Å². The monoisotopic (exact) mass is 580 g/mol. The molecule has 1 amide bonds. The van der Waals surface area contributed by atoms with E-state index in [1.54, 1.807) is 24.3 Å². The average Bonchev–Trinajstić information content (AvgIpc) is 3.02. The number of amides is 1. The maximum Gasteiger partial charge on any atom is 0.251 e. The van der Waals surface area contributed by atoms with Crippen LogP contribution in [0.5, 0.6) is 0 Å². The minimum atomic E-state index is -0.177. The fourth-order valence-corrected chi connectivity index (χ4v) is 3.67. The maximum atomic E-state index is 12.4. The van der Waals surface area contributed by atoms with Gasteiger partial charge in [-0.25, -0.2) is 0 Å². The predicted molar refractivity (Wildman–Crippen MR) is 161 cm³/mol. The molecular formula is C29H40N8O5. The summed E-state index contributed by atoms with van der Waals surface area (Å²) in [7, 11) is 0. The third-order valence-electron chi connectivity index (χ3n) is 5.90. The van der Waals surface area contributed by atoms with E-state index in [2.05, 4.69) is 36.2 Å². The van der Waals surface area contributed by atoms with Gasteiger partial charge in [-0.2, -0.15) is 15.0 Å². The van der Waals surface area contributed by atoms with E-state index in [0.29, 0.717) is 94.5 Å². The number of carbonyl (C=O) groups excluding carboxylic acids is 2. The molecule has 0 saturated heterocycles. The Balaban J connectivity index is 1.49. The first-order chi connectivity index (χ1) is 20.6. The van der Waals surface area contributed by atoms with Crippen LogP contribution < -0.4 is 27.0 Å². The highest BCUT2D eigenvalue weighted by Crippen LogP contribution is 2.12. The van der Waals surface area contributed by atoms with E-state index >= 15 is 0 Å². The molecule has 0 atom stereocenters. The van der Waals surface area contributed by atoms with E-state index < -0.39 is 0 Å². The molecule has 7 N–H and O–H groups in total. The van der Waals surface area contributed by atoms with Gasteiger partial charge in [0.1, 0.15) is 6.29 Å². The van der Waals surface area contributed by atoms with E-state index in [9.17, 15) is 9.59 Å². The first-order valence-corrected chi connectivity index (χ1v) is 14.0. The number of aliphatic hydroxyl groups excluding tert-OH is 1. The second-order valence-electron chi connectivity index (χ2n) is 9.17. The number of rotatable bonds is 21. The van der Waals surface area contributed by atoms with Gasteiger partial charge in [-0.3, -0.25) is 9.59 Å². The Hall–Kier alpha value is -4.17. The fourth-order valence-electron chi connectivity index (χ4n) is 3.67. The zero-order valence-corrected chi connectivity index (χ0v) is 23.7. The summed E-state index contributed by atoms with van der Waals surface area (Å²) in [5, 5.41) is 21.5. The van der Waals surface area contributed by atoms with Gasteiger partial charge in [-0.15, -0.1) is 0 Å². The largest absolute Gasteiger partial charge is 0.396 e. The Bertz CT molecular complexity index is 1210. The highest BCUT2D eigenvalue weighted by molar-refractivity contribution is 5.94. The lowest BCUT2D eigenvalue weighted by molar-refractivity contribution is 0.0511. The highest BCUT2D eigenvalue weighted by atomic mass is 16.5. The Morgan fingerprint density at radius 3 is 2.05 bits per heavy atom. The number of carbonyl (C=O) groups is 2. The van der Waals surface area contributed by atoms with Crippen LogP contribution in [0.3, 0.4) is 0 Å². The summed E-state index contributed by atoms with van der Waals surface area (Å²) in [6.07, 6.45) is 2.10. The predicted octanol–water partition coefficient (Wildman–Crippen LogP) is 1.47. The molecule has 0 unspecified atom stereocenters. The smallest absolute Gasteiger partial charge is 0.251 e. The van der Waals surface area contributed by atoms with Gasteiger partial charge in [0.25, 0.3) is 5.91 Å². The molecule has 226 valence electrons. The van der Waals surface area contributed by atoms with E-state index in [1.165, 1.54) is 0 Å². The molecule has 0 aliphatic rings. The van der Waals surface area contributed by atoms with E-state index in [1.807, 2.05) is 24.3 Å². The van der Waals surface area contributed by atoms with Crippen LogP contribution in [-0.4, -0.2) is 91.5 Å². The summed E-state index contributed by atoms with van der Waals surface area (Å²) in [6.45, 7) is 4.30. The van der Waals surface area contributed by atoms with E-state index in [4.69, 9.17) is 20.3 Å². The van der Waals surface area contributed by atoms with Gasteiger partial charge in [0.2, 0.25) is 17.8 Å². The first kappa shape index (κ1) is 32.3. The lowest BCUT2D eigenvalue weighted by atomic mass is 10.1. The summed E-state index contributed by atoms with van der Waals surface area (Å²) in [4.78, 5) is 36.6. The van der Waals surface area contributed by atoms with Crippen molar-refractivity contribution < 1.29 is 24.2 Å². The highest BCUT2D eigenvalue weighted by Gasteiger charge is 2.08. The molecule has 1 aromatic heterocycles. The lowest BCUT2D eigenvalue weighted by Gasteiger charge is -2.12. The van der Waals surface area contributed by atoms with Gasteiger partial charge in [-0.05, 0) is 36.1 Å². The van der Waals surface area contributed by atoms with Crippen LogP contribution in [-0.2, 0) is 22.4 Å². The molecule has 2 aromatic carbocycles. The fraction of sp³-hybridized carbons (Fsp3) is 0.414. The lowest BCUT2D eigenvalue weighted by Crippen LogP contribution is -2.27. The quantitative estimate of drug-likeness (QED) is 0.0788. The standard InChI is InChI=1S/C29H40N8O5/c30-11-16-41-18-19-42-17-14-31-26(40)25-8-6-23(7-9-25)20-34-29-36-27(32-12-1-15-38)35-28(37-29)33-13-10-22-2-4-24(21-39)5-3-22/h2-9,21,38H,1,10-20,30H2,(H,31,40)(H3,32,33,34,35,36,37). The average molecular weight is 581 g/mol. The molecule has 0 saturated carbocycles. The number of ether oxygens (including phenoxy) is 2. The van der Waals surface area contributed by atoms with Crippen LogP contribution in [0, 0.1) is 0 Å². The maximum absolute atomic E-state index is 12.4. The van der Waals surface area contributed by atoms with Crippen molar-refractivity contribution in [3.05, 3.63) is 70.8 Å². The van der Waals surface area contributed by atoms with Crippen molar-refractivity contribution in [1.82, 2.24) is 20.3 Å². The molecular weight excluding hydrogens is 540 g/mol. The number of nitrogens with zero attached hydrogens (tertiary/aromatic N) is 3. The topological polar surface area (TPSA) is 186 Å². The third kappa shape index (κ3) is 12.1. The van der Waals surface area contributed by atoms with E-state index in [0.717, 1.165) is 23.8 Å². The number of aromatic nitrogens is 3. The molecule has 13 heteroatoms.